The van der Waals surface area contributed by atoms with Gasteiger partial charge in [0.25, 0.3) is 0 Å². The number of hydrogen-bond acceptors (Lipinski definition) is 6. The summed E-state index contributed by atoms with van der Waals surface area (Å²) in [6, 6.07) is 7.48. The molecule has 2 aromatic rings. The summed E-state index contributed by atoms with van der Waals surface area (Å²) in [4.78, 5) is 20.9. The van der Waals surface area contributed by atoms with Gasteiger partial charge in [0.15, 0.2) is 0 Å². The zero-order valence-corrected chi connectivity index (χ0v) is 12.9. The number of nitrogens with two attached hydrogens (primary N) is 1. The van der Waals surface area contributed by atoms with Crippen LogP contribution in [-0.4, -0.2) is 22.5 Å². The van der Waals surface area contributed by atoms with Crippen LogP contribution in [0.15, 0.2) is 35.4 Å². The van der Waals surface area contributed by atoms with Crippen molar-refractivity contribution < 1.29 is 9.53 Å². The van der Waals surface area contributed by atoms with E-state index in [9.17, 15) is 4.79 Å². The third-order valence-electron chi connectivity index (χ3n) is 2.55. The molecule has 21 heavy (non-hydrogen) atoms. The number of benzene rings is 1. The lowest BCUT2D eigenvalue weighted by Gasteiger charge is -2.06. The number of carbonyl (C=O) groups is 1. The summed E-state index contributed by atoms with van der Waals surface area (Å²) >= 11 is 7.39. The van der Waals surface area contributed by atoms with E-state index < -0.39 is 5.97 Å². The second-order valence-corrected chi connectivity index (χ2v) is 5.53. The summed E-state index contributed by atoms with van der Waals surface area (Å²) < 4.78 is 4.87. The second kappa shape index (κ2) is 7.28. The van der Waals surface area contributed by atoms with Crippen LogP contribution in [0.4, 0.5) is 5.82 Å². The normalized spacial score (nSPS) is 10.4. The van der Waals surface area contributed by atoms with Crippen LogP contribution in [0.1, 0.15) is 23.1 Å². The second-order valence-electron chi connectivity index (χ2n) is 4.05. The molecule has 0 spiro atoms. The Balaban J connectivity index is 2.03. The van der Waals surface area contributed by atoms with Gasteiger partial charge in [-0.2, -0.15) is 0 Å². The summed E-state index contributed by atoms with van der Waals surface area (Å²) in [5.41, 5.74) is 5.95. The number of rotatable bonds is 5. The van der Waals surface area contributed by atoms with Gasteiger partial charge in [-0.25, -0.2) is 14.8 Å². The SMILES string of the molecule is CCOC(=O)c1cnc(CSc2ccc(Cl)cc2)nc1N. The average molecular weight is 324 g/mol. The van der Waals surface area contributed by atoms with E-state index in [-0.39, 0.29) is 18.0 Å². The van der Waals surface area contributed by atoms with Gasteiger partial charge in [-0.3, -0.25) is 0 Å². The number of carbonyl (C=O) groups excluding carboxylic acids is 1. The molecule has 2 N–H and O–H groups in total. The van der Waals surface area contributed by atoms with Gasteiger partial charge in [-0.1, -0.05) is 11.6 Å². The number of ether oxygens (including phenoxy) is 1. The molecule has 0 fully saturated rings. The lowest BCUT2D eigenvalue weighted by molar-refractivity contribution is 0.0526. The number of nitrogen functional groups attached to an aromatic ring is 1. The fourth-order valence-corrected chi connectivity index (χ4v) is 2.44. The zero-order valence-electron chi connectivity index (χ0n) is 11.4. The summed E-state index contributed by atoms with van der Waals surface area (Å²) in [6.45, 7) is 2.01. The molecule has 1 heterocycles. The van der Waals surface area contributed by atoms with Crippen LogP contribution in [0.3, 0.4) is 0 Å². The first-order chi connectivity index (χ1) is 10.1. The Kier molecular flexibility index (Phi) is 5.41. The van der Waals surface area contributed by atoms with Crippen LogP contribution in [0.2, 0.25) is 5.02 Å². The van der Waals surface area contributed by atoms with Crippen molar-refractivity contribution in [1.29, 1.82) is 0 Å². The molecule has 2 rings (SSSR count). The molecule has 0 atom stereocenters. The van der Waals surface area contributed by atoms with Crippen LogP contribution in [0.25, 0.3) is 0 Å². The van der Waals surface area contributed by atoms with Crippen molar-refractivity contribution in [3.63, 3.8) is 0 Å². The lowest BCUT2D eigenvalue weighted by Crippen LogP contribution is -2.11. The molecule has 5 nitrogen and oxygen atoms in total. The van der Waals surface area contributed by atoms with Crippen molar-refractivity contribution in [2.75, 3.05) is 12.3 Å². The minimum absolute atomic E-state index is 0.134. The molecule has 0 unspecified atom stereocenters. The molecule has 7 heteroatoms. The number of aromatic nitrogens is 2. The van der Waals surface area contributed by atoms with Gasteiger partial charge in [0.1, 0.15) is 17.2 Å². The average Bonchev–Trinajstić information content (AvgIpc) is 2.47. The molecular weight excluding hydrogens is 310 g/mol. The zero-order chi connectivity index (χ0) is 15.2. The monoisotopic (exact) mass is 323 g/mol. The molecule has 0 saturated heterocycles. The standard InChI is InChI=1S/C14H14ClN3O2S/c1-2-20-14(19)11-7-17-12(18-13(11)16)8-21-10-5-3-9(15)4-6-10/h3-7H,2,8H2,1H3,(H2,16,17,18). The first kappa shape index (κ1) is 15.6. The molecule has 1 aromatic carbocycles. The number of esters is 1. The number of thioether (sulfide) groups is 1. The Labute approximate surface area is 131 Å². The minimum atomic E-state index is -0.507. The van der Waals surface area contributed by atoms with Crippen molar-refractivity contribution in [2.45, 2.75) is 17.6 Å². The number of anilines is 1. The molecule has 0 aliphatic carbocycles. The van der Waals surface area contributed by atoms with Crippen molar-refractivity contribution in [2.24, 2.45) is 0 Å². The summed E-state index contributed by atoms with van der Waals surface area (Å²) in [6.07, 6.45) is 1.40. The smallest absolute Gasteiger partial charge is 0.343 e. The third-order valence-corrected chi connectivity index (χ3v) is 3.81. The highest BCUT2D eigenvalue weighted by Crippen LogP contribution is 2.23. The Bertz CT molecular complexity index is 635. The molecule has 110 valence electrons. The summed E-state index contributed by atoms with van der Waals surface area (Å²) in [5, 5.41) is 0.693. The largest absolute Gasteiger partial charge is 0.462 e. The van der Waals surface area contributed by atoms with Gasteiger partial charge >= 0.3 is 5.97 Å². The van der Waals surface area contributed by atoms with Gasteiger partial charge in [-0.15, -0.1) is 11.8 Å². The maximum atomic E-state index is 11.6. The quantitative estimate of drug-likeness (QED) is 0.672. The summed E-state index contributed by atoms with van der Waals surface area (Å²) in [5.74, 6) is 0.733. The van der Waals surface area contributed by atoms with E-state index in [1.807, 2.05) is 24.3 Å². The van der Waals surface area contributed by atoms with E-state index in [0.717, 1.165) is 4.90 Å². The van der Waals surface area contributed by atoms with Gasteiger partial charge in [0.2, 0.25) is 0 Å². The first-order valence-electron chi connectivity index (χ1n) is 6.27. The van der Waals surface area contributed by atoms with Gasteiger partial charge < -0.3 is 10.5 Å². The predicted octanol–water partition coefficient (Wildman–Crippen LogP) is 3.18. The Morgan fingerprint density at radius 1 is 1.38 bits per heavy atom. The van der Waals surface area contributed by atoms with Crippen molar-refractivity contribution in [3.8, 4) is 0 Å². The van der Waals surface area contributed by atoms with Crippen molar-refractivity contribution >= 4 is 35.1 Å². The molecule has 0 aliphatic heterocycles. The first-order valence-corrected chi connectivity index (χ1v) is 7.63. The molecule has 0 aliphatic rings. The van der Waals surface area contributed by atoms with Crippen LogP contribution >= 0.6 is 23.4 Å². The highest BCUT2D eigenvalue weighted by molar-refractivity contribution is 7.98. The van der Waals surface area contributed by atoms with E-state index in [2.05, 4.69) is 9.97 Å². The third kappa shape index (κ3) is 4.34. The Morgan fingerprint density at radius 2 is 2.10 bits per heavy atom. The highest BCUT2D eigenvalue weighted by atomic mass is 35.5. The topological polar surface area (TPSA) is 78.1 Å². The molecule has 1 aromatic heterocycles. The molecule has 0 radical (unpaired) electrons. The minimum Gasteiger partial charge on any atom is -0.462 e. The van der Waals surface area contributed by atoms with Crippen LogP contribution in [-0.2, 0) is 10.5 Å². The van der Waals surface area contributed by atoms with E-state index in [4.69, 9.17) is 22.1 Å². The molecule has 0 bridgehead atoms. The van der Waals surface area contributed by atoms with Crippen LogP contribution in [0.5, 0.6) is 0 Å². The Morgan fingerprint density at radius 3 is 2.71 bits per heavy atom. The number of halogens is 1. The van der Waals surface area contributed by atoms with Gasteiger partial charge in [0.05, 0.1) is 12.4 Å². The van der Waals surface area contributed by atoms with Crippen LogP contribution < -0.4 is 5.73 Å². The van der Waals surface area contributed by atoms with Gasteiger partial charge in [-0.05, 0) is 31.2 Å². The van der Waals surface area contributed by atoms with E-state index in [1.54, 1.807) is 18.7 Å². The van der Waals surface area contributed by atoms with Gasteiger partial charge in [0, 0.05) is 16.1 Å². The molecular formula is C14H14ClN3O2S. The van der Waals surface area contributed by atoms with E-state index in [0.29, 0.717) is 16.6 Å². The van der Waals surface area contributed by atoms with Crippen molar-refractivity contribution in [1.82, 2.24) is 9.97 Å². The van der Waals surface area contributed by atoms with E-state index >= 15 is 0 Å². The van der Waals surface area contributed by atoms with Crippen LogP contribution in [0, 0.1) is 0 Å². The Hall–Kier alpha value is -1.79. The molecule has 0 amide bonds. The number of nitrogens with zero attached hydrogens (tertiary/aromatic N) is 2. The predicted molar refractivity (Wildman–Crippen MR) is 83.4 cm³/mol. The fourth-order valence-electron chi connectivity index (χ4n) is 1.55. The number of hydrogen-bond donors (Lipinski definition) is 1. The van der Waals surface area contributed by atoms with Crippen molar-refractivity contribution in [3.05, 3.63) is 46.9 Å². The fraction of sp³-hybridized carbons (Fsp3) is 0.214. The lowest BCUT2D eigenvalue weighted by atomic mass is 10.3. The maximum absolute atomic E-state index is 11.6. The highest BCUT2D eigenvalue weighted by Gasteiger charge is 2.13. The maximum Gasteiger partial charge on any atom is 0.343 e. The van der Waals surface area contributed by atoms with E-state index in [1.165, 1.54) is 6.20 Å². The molecule has 0 saturated carbocycles. The summed E-state index contributed by atoms with van der Waals surface area (Å²) in [7, 11) is 0.